The van der Waals surface area contributed by atoms with Gasteiger partial charge in [-0.2, -0.15) is 5.26 Å². The molecule has 0 unspecified atom stereocenters. The molecule has 116 valence electrons. The lowest BCUT2D eigenvalue weighted by atomic mass is 10.0. The summed E-state index contributed by atoms with van der Waals surface area (Å²) in [6, 6.07) is 15.0. The van der Waals surface area contributed by atoms with Gasteiger partial charge in [0.05, 0.1) is 11.6 Å². The summed E-state index contributed by atoms with van der Waals surface area (Å²) >= 11 is 0. The van der Waals surface area contributed by atoms with Crippen LogP contribution in [0.2, 0.25) is 0 Å². The first kappa shape index (κ1) is 17.9. The number of nitrogens with zero attached hydrogens (tertiary/aromatic N) is 1. The molecule has 0 saturated heterocycles. The normalized spacial score (nSPS) is 9.17. The molecular weight excluding hydrogens is 290 g/mol. The zero-order valence-electron chi connectivity index (χ0n) is 11.8. The summed E-state index contributed by atoms with van der Waals surface area (Å²) in [4.78, 5) is 23.4. The van der Waals surface area contributed by atoms with Gasteiger partial charge in [0, 0.05) is 11.1 Å². The molecule has 4 heteroatoms. The smallest absolute Gasteiger partial charge is 0.193 e. The van der Waals surface area contributed by atoms with Crippen LogP contribution in [0.5, 0.6) is 5.75 Å². The third-order valence-electron chi connectivity index (χ3n) is 3.00. The summed E-state index contributed by atoms with van der Waals surface area (Å²) < 4.78 is 5.26. The highest BCUT2D eigenvalue weighted by molar-refractivity contribution is 6.09. The average molecular weight is 307 g/mol. The molecule has 0 aromatic heterocycles. The van der Waals surface area contributed by atoms with E-state index in [9.17, 15) is 9.59 Å². The topological polar surface area (TPSA) is 67.2 Å². The van der Waals surface area contributed by atoms with Gasteiger partial charge in [-0.3, -0.25) is 9.59 Å². The van der Waals surface area contributed by atoms with Crippen molar-refractivity contribution in [2.75, 3.05) is 6.61 Å². The van der Waals surface area contributed by atoms with Gasteiger partial charge in [-0.25, -0.2) is 0 Å². The van der Waals surface area contributed by atoms with E-state index in [1.165, 1.54) is 6.08 Å². The van der Waals surface area contributed by atoms with Gasteiger partial charge in [0.25, 0.3) is 0 Å². The third-order valence-corrected chi connectivity index (χ3v) is 3.00. The van der Waals surface area contributed by atoms with Crippen LogP contribution in [0.4, 0.5) is 0 Å². The fourth-order valence-electron chi connectivity index (χ4n) is 1.78. The summed E-state index contributed by atoms with van der Waals surface area (Å²) in [6.45, 7) is 3.28. The first-order valence-electron chi connectivity index (χ1n) is 6.57. The van der Waals surface area contributed by atoms with E-state index in [0.717, 1.165) is 0 Å². The minimum absolute atomic E-state index is 0. The van der Waals surface area contributed by atoms with Gasteiger partial charge >= 0.3 is 0 Å². The number of rotatable bonds is 6. The Morgan fingerprint density at radius 3 is 2.04 bits per heavy atom. The van der Waals surface area contributed by atoms with Gasteiger partial charge in [-0.1, -0.05) is 14.0 Å². The Morgan fingerprint density at radius 1 is 1.04 bits per heavy atom. The van der Waals surface area contributed by atoms with Crippen LogP contribution in [-0.4, -0.2) is 18.2 Å². The number of nitriles is 1. The van der Waals surface area contributed by atoms with Gasteiger partial charge < -0.3 is 4.74 Å². The molecule has 2 rings (SSSR count). The largest absolute Gasteiger partial charge is 0.485 e. The number of hydrogen-bond donors (Lipinski definition) is 0. The number of ether oxygens (including phenoxy) is 1. The Balaban J connectivity index is 0.00000264. The molecule has 0 aliphatic carbocycles. The zero-order valence-corrected chi connectivity index (χ0v) is 11.8. The van der Waals surface area contributed by atoms with E-state index in [4.69, 9.17) is 10.00 Å². The van der Waals surface area contributed by atoms with Crippen molar-refractivity contribution in [2.24, 2.45) is 0 Å². The number of benzene rings is 2. The maximum Gasteiger partial charge on any atom is 0.193 e. The van der Waals surface area contributed by atoms with Crippen LogP contribution in [0.1, 0.15) is 28.9 Å². The standard InChI is InChI=1S/C18H13NO3.CH4/c1-2-16(20)12-22-17-9-7-15(8-10-17)18(21)14-5-3-13(11-19)4-6-14;/h2-10H,1,12H2;1H4. The van der Waals surface area contributed by atoms with Crippen LogP contribution in [0.15, 0.2) is 61.2 Å². The summed E-state index contributed by atoms with van der Waals surface area (Å²) in [6.07, 6.45) is 1.20. The minimum atomic E-state index is -0.210. The van der Waals surface area contributed by atoms with Gasteiger partial charge in [-0.05, 0) is 54.6 Å². The molecule has 0 aliphatic heterocycles. The van der Waals surface area contributed by atoms with Crippen molar-refractivity contribution in [2.45, 2.75) is 7.43 Å². The zero-order chi connectivity index (χ0) is 15.9. The molecule has 0 heterocycles. The second-order valence-electron chi connectivity index (χ2n) is 4.50. The van der Waals surface area contributed by atoms with Crippen molar-refractivity contribution in [1.82, 2.24) is 0 Å². The second kappa shape index (κ2) is 8.30. The lowest BCUT2D eigenvalue weighted by molar-refractivity contribution is -0.116. The van der Waals surface area contributed by atoms with Crippen molar-refractivity contribution < 1.29 is 14.3 Å². The SMILES string of the molecule is C.C=CC(=O)COc1ccc(C(=O)c2ccc(C#N)cc2)cc1. The van der Waals surface area contributed by atoms with Gasteiger partial charge in [0.15, 0.2) is 18.2 Å². The maximum absolute atomic E-state index is 12.3. The third kappa shape index (κ3) is 4.65. The molecule has 4 nitrogen and oxygen atoms in total. The van der Waals surface area contributed by atoms with Crippen LogP contribution in [0.25, 0.3) is 0 Å². The highest BCUT2D eigenvalue weighted by Crippen LogP contribution is 2.16. The van der Waals surface area contributed by atoms with Crippen molar-refractivity contribution in [1.29, 1.82) is 5.26 Å². The maximum atomic E-state index is 12.3. The first-order chi connectivity index (χ1) is 10.6. The fraction of sp³-hybridized carbons (Fsp3) is 0.105. The predicted octanol–water partition coefficient (Wildman–Crippen LogP) is 3.56. The molecule has 23 heavy (non-hydrogen) atoms. The highest BCUT2D eigenvalue weighted by Gasteiger charge is 2.09. The summed E-state index contributed by atoms with van der Waals surface area (Å²) in [5.41, 5.74) is 1.52. The minimum Gasteiger partial charge on any atom is -0.485 e. The Bertz CT molecular complexity index is 738. The number of ketones is 2. The molecule has 0 spiro atoms. The summed E-state index contributed by atoms with van der Waals surface area (Å²) in [5.74, 6) is 0.155. The van der Waals surface area contributed by atoms with Crippen molar-refractivity contribution >= 4 is 11.6 Å². The number of carbonyl (C=O) groups is 2. The van der Waals surface area contributed by atoms with E-state index in [2.05, 4.69) is 6.58 Å². The molecule has 0 saturated carbocycles. The molecule has 0 radical (unpaired) electrons. The Hall–Kier alpha value is -3.19. The van der Waals surface area contributed by atoms with Crippen molar-refractivity contribution in [3.05, 3.63) is 77.9 Å². The lowest BCUT2D eigenvalue weighted by Crippen LogP contribution is -2.08. The Morgan fingerprint density at radius 2 is 1.57 bits per heavy atom. The van der Waals surface area contributed by atoms with Crippen LogP contribution in [-0.2, 0) is 4.79 Å². The lowest BCUT2D eigenvalue weighted by Gasteiger charge is -2.05. The quantitative estimate of drug-likeness (QED) is 0.604. The first-order valence-corrected chi connectivity index (χ1v) is 6.57. The molecule has 2 aromatic carbocycles. The van der Waals surface area contributed by atoms with Crippen LogP contribution in [0.3, 0.4) is 0 Å². The van der Waals surface area contributed by atoms with E-state index in [1.54, 1.807) is 48.5 Å². The van der Waals surface area contributed by atoms with E-state index in [1.807, 2.05) is 6.07 Å². The van der Waals surface area contributed by atoms with Crippen molar-refractivity contribution in [3.63, 3.8) is 0 Å². The molecule has 2 aromatic rings. The fourth-order valence-corrected chi connectivity index (χ4v) is 1.78. The molecule has 0 amide bonds. The number of hydrogen-bond acceptors (Lipinski definition) is 4. The van der Waals surface area contributed by atoms with Crippen LogP contribution >= 0.6 is 0 Å². The second-order valence-corrected chi connectivity index (χ2v) is 4.50. The Kier molecular flexibility index (Phi) is 6.45. The molecule has 0 bridgehead atoms. The van der Waals surface area contributed by atoms with Gasteiger partial charge in [0.2, 0.25) is 0 Å². The summed E-state index contributed by atoms with van der Waals surface area (Å²) in [5, 5.41) is 8.74. The molecule has 0 N–H and O–H groups in total. The van der Waals surface area contributed by atoms with Crippen molar-refractivity contribution in [3.8, 4) is 11.8 Å². The summed E-state index contributed by atoms with van der Waals surface area (Å²) in [7, 11) is 0. The van der Waals surface area contributed by atoms with Crippen LogP contribution < -0.4 is 4.74 Å². The Labute approximate surface area is 135 Å². The molecular formula is C19H17NO3. The van der Waals surface area contributed by atoms with E-state index < -0.39 is 0 Å². The number of carbonyl (C=O) groups excluding carboxylic acids is 2. The molecule has 0 atom stereocenters. The molecule has 0 fully saturated rings. The van der Waals surface area contributed by atoms with Gasteiger partial charge in [-0.15, -0.1) is 0 Å². The highest BCUT2D eigenvalue weighted by atomic mass is 16.5. The van der Waals surface area contributed by atoms with E-state index >= 15 is 0 Å². The predicted molar refractivity (Wildman–Crippen MR) is 88.5 cm³/mol. The van der Waals surface area contributed by atoms with E-state index in [-0.39, 0.29) is 25.6 Å². The van der Waals surface area contributed by atoms with Crippen LogP contribution in [0, 0.1) is 11.3 Å². The monoisotopic (exact) mass is 307 g/mol. The average Bonchev–Trinajstić information content (AvgIpc) is 2.59. The van der Waals surface area contributed by atoms with Gasteiger partial charge in [0.1, 0.15) is 5.75 Å². The molecule has 0 aliphatic rings. The van der Waals surface area contributed by atoms with E-state index in [0.29, 0.717) is 22.4 Å².